The number of ether oxygens (including phenoxy) is 4. The highest BCUT2D eigenvalue weighted by atomic mass is 16.5. The summed E-state index contributed by atoms with van der Waals surface area (Å²) in [6.07, 6.45) is 3.04. The lowest BCUT2D eigenvalue weighted by Gasteiger charge is -2.24. The van der Waals surface area contributed by atoms with Crippen molar-refractivity contribution in [2.24, 2.45) is 4.99 Å². The van der Waals surface area contributed by atoms with E-state index in [-0.39, 0.29) is 5.60 Å². The normalized spacial score (nSPS) is 19.9. The van der Waals surface area contributed by atoms with Crippen molar-refractivity contribution in [3.8, 4) is 17.2 Å². The maximum atomic E-state index is 5.78. The summed E-state index contributed by atoms with van der Waals surface area (Å²) in [5.41, 5.74) is -0.0911. The van der Waals surface area contributed by atoms with Gasteiger partial charge in [-0.15, -0.1) is 0 Å². The minimum atomic E-state index is -0.0911. The van der Waals surface area contributed by atoms with E-state index in [0.29, 0.717) is 18.1 Å². The third-order valence-electron chi connectivity index (χ3n) is 4.36. The average molecular weight is 365 g/mol. The molecule has 2 N–H and O–H groups in total. The van der Waals surface area contributed by atoms with Gasteiger partial charge in [-0.25, -0.2) is 0 Å². The second-order valence-electron chi connectivity index (χ2n) is 6.50. The van der Waals surface area contributed by atoms with E-state index in [1.165, 1.54) is 0 Å². The molecule has 1 unspecified atom stereocenters. The van der Waals surface area contributed by atoms with Crippen molar-refractivity contribution in [1.29, 1.82) is 0 Å². The molecule has 0 spiro atoms. The van der Waals surface area contributed by atoms with Gasteiger partial charge in [0.1, 0.15) is 17.2 Å². The molecule has 0 amide bonds. The zero-order valence-corrected chi connectivity index (χ0v) is 16.3. The van der Waals surface area contributed by atoms with E-state index >= 15 is 0 Å². The molecule has 1 aliphatic heterocycles. The van der Waals surface area contributed by atoms with Gasteiger partial charge in [0.2, 0.25) is 0 Å². The maximum Gasteiger partial charge on any atom is 0.191 e. The van der Waals surface area contributed by atoms with E-state index in [2.05, 4.69) is 22.5 Å². The topological polar surface area (TPSA) is 73.3 Å². The third-order valence-corrected chi connectivity index (χ3v) is 4.36. The molecule has 1 fully saturated rings. The molecule has 0 aromatic heterocycles. The van der Waals surface area contributed by atoms with Gasteiger partial charge in [0.25, 0.3) is 0 Å². The van der Waals surface area contributed by atoms with Crippen LogP contribution in [0.4, 0.5) is 0 Å². The summed E-state index contributed by atoms with van der Waals surface area (Å²) in [4.78, 5) is 4.25. The summed E-state index contributed by atoms with van der Waals surface area (Å²) in [6, 6.07) is 5.51. The Labute approximate surface area is 156 Å². The molecule has 1 heterocycles. The zero-order valence-electron chi connectivity index (χ0n) is 16.3. The molecule has 1 atom stereocenters. The number of aliphatic imine (C=N–C) groups is 1. The van der Waals surface area contributed by atoms with Crippen LogP contribution in [0.3, 0.4) is 0 Å². The minimum Gasteiger partial charge on any atom is -0.496 e. The fourth-order valence-corrected chi connectivity index (χ4v) is 2.80. The molecule has 146 valence electrons. The van der Waals surface area contributed by atoms with Gasteiger partial charge in [-0.2, -0.15) is 0 Å². The van der Waals surface area contributed by atoms with E-state index in [0.717, 1.165) is 50.7 Å². The molecule has 1 aliphatic rings. The Hall–Kier alpha value is -2.15. The van der Waals surface area contributed by atoms with Crippen LogP contribution in [0.1, 0.15) is 26.2 Å². The molecule has 0 radical (unpaired) electrons. The SMILES string of the molecule is CN=C(NCCCOc1cc(OC)cc(OC)c1)NCC1(C)CCCO1. The van der Waals surface area contributed by atoms with Crippen molar-refractivity contribution in [3.05, 3.63) is 18.2 Å². The first-order chi connectivity index (χ1) is 12.6. The first kappa shape index (κ1) is 20.2. The Bertz CT molecular complexity index is 564. The number of methoxy groups -OCH3 is 2. The Balaban J connectivity index is 1.67. The van der Waals surface area contributed by atoms with Gasteiger partial charge in [0.15, 0.2) is 5.96 Å². The van der Waals surface area contributed by atoms with Crippen molar-refractivity contribution in [2.45, 2.75) is 31.8 Å². The summed E-state index contributed by atoms with van der Waals surface area (Å²) in [5, 5.41) is 6.63. The van der Waals surface area contributed by atoms with Crippen LogP contribution in [0.2, 0.25) is 0 Å². The number of rotatable bonds is 9. The summed E-state index contributed by atoms with van der Waals surface area (Å²) in [5.74, 6) is 2.94. The van der Waals surface area contributed by atoms with Crippen LogP contribution >= 0.6 is 0 Å². The summed E-state index contributed by atoms with van der Waals surface area (Å²) < 4.78 is 22.0. The minimum absolute atomic E-state index is 0.0911. The Morgan fingerprint density at radius 3 is 2.42 bits per heavy atom. The van der Waals surface area contributed by atoms with Gasteiger partial charge in [0.05, 0.1) is 26.4 Å². The van der Waals surface area contributed by atoms with Crippen LogP contribution in [-0.2, 0) is 4.74 Å². The van der Waals surface area contributed by atoms with Crippen LogP contribution in [0, 0.1) is 0 Å². The van der Waals surface area contributed by atoms with Crippen molar-refractivity contribution in [1.82, 2.24) is 10.6 Å². The molecular weight excluding hydrogens is 334 g/mol. The maximum absolute atomic E-state index is 5.78. The monoisotopic (exact) mass is 365 g/mol. The second kappa shape index (κ2) is 10.1. The van der Waals surface area contributed by atoms with E-state index in [1.807, 2.05) is 18.2 Å². The van der Waals surface area contributed by atoms with Crippen LogP contribution in [0.5, 0.6) is 17.2 Å². The number of guanidine groups is 1. The molecule has 1 aromatic carbocycles. The van der Waals surface area contributed by atoms with Crippen LogP contribution in [0.15, 0.2) is 23.2 Å². The quantitative estimate of drug-likeness (QED) is 0.397. The molecule has 26 heavy (non-hydrogen) atoms. The van der Waals surface area contributed by atoms with Gasteiger partial charge < -0.3 is 29.6 Å². The smallest absolute Gasteiger partial charge is 0.191 e. The van der Waals surface area contributed by atoms with Gasteiger partial charge in [-0.05, 0) is 26.2 Å². The molecule has 7 heteroatoms. The van der Waals surface area contributed by atoms with Gasteiger partial charge in [0, 0.05) is 44.9 Å². The second-order valence-corrected chi connectivity index (χ2v) is 6.50. The summed E-state index contributed by atoms with van der Waals surface area (Å²) in [7, 11) is 5.02. The lowest BCUT2D eigenvalue weighted by molar-refractivity contribution is 0.0243. The average Bonchev–Trinajstić information content (AvgIpc) is 3.10. The van der Waals surface area contributed by atoms with Gasteiger partial charge in [-0.1, -0.05) is 0 Å². The standard InChI is InChI=1S/C19H31N3O4/c1-19(7-5-10-26-19)14-22-18(20-2)21-8-6-9-25-17-12-15(23-3)11-16(13-17)24-4/h11-13H,5-10,14H2,1-4H3,(H2,20,21,22). The van der Waals surface area contributed by atoms with Crippen LogP contribution < -0.4 is 24.8 Å². The zero-order chi connectivity index (χ0) is 18.8. The lowest BCUT2D eigenvalue weighted by atomic mass is 10.0. The summed E-state index contributed by atoms with van der Waals surface area (Å²) >= 11 is 0. The number of nitrogens with one attached hydrogen (secondary N) is 2. The van der Waals surface area contributed by atoms with Crippen LogP contribution in [-0.4, -0.2) is 59.1 Å². The van der Waals surface area contributed by atoms with Gasteiger partial charge >= 0.3 is 0 Å². The Kier molecular flexibility index (Phi) is 7.84. The summed E-state index contributed by atoms with van der Waals surface area (Å²) in [6.45, 7) is 5.08. The predicted molar refractivity (Wildman–Crippen MR) is 103 cm³/mol. The molecule has 2 rings (SSSR count). The fraction of sp³-hybridized carbons (Fsp3) is 0.632. The molecule has 0 bridgehead atoms. The molecular formula is C19H31N3O4. The van der Waals surface area contributed by atoms with Crippen molar-refractivity contribution >= 4 is 5.96 Å². The lowest BCUT2D eigenvalue weighted by Crippen LogP contribution is -2.45. The molecule has 7 nitrogen and oxygen atoms in total. The van der Waals surface area contributed by atoms with Crippen LogP contribution in [0.25, 0.3) is 0 Å². The number of nitrogens with zero attached hydrogens (tertiary/aromatic N) is 1. The highest BCUT2D eigenvalue weighted by Gasteiger charge is 2.29. The number of hydrogen-bond acceptors (Lipinski definition) is 5. The molecule has 1 aromatic rings. The van der Waals surface area contributed by atoms with E-state index in [1.54, 1.807) is 21.3 Å². The van der Waals surface area contributed by atoms with Crippen molar-refractivity contribution in [2.75, 3.05) is 47.6 Å². The van der Waals surface area contributed by atoms with E-state index in [4.69, 9.17) is 18.9 Å². The number of hydrogen-bond donors (Lipinski definition) is 2. The fourth-order valence-electron chi connectivity index (χ4n) is 2.80. The predicted octanol–water partition coefficient (Wildman–Crippen LogP) is 2.21. The van der Waals surface area contributed by atoms with Gasteiger partial charge in [-0.3, -0.25) is 4.99 Å². The first-order valence-electron chi connectivity index (χ1n) is 9.03. The largest absolute Gasteiger partial charge is 0.496 e. The van der Waals surface area contributed by atoms with E-state index < -0.39 is 0 Å². The Morgan fingerprint density at radius 1 is 1.15 bits per heavy atom. The Morgan fingerprint density at radius 2 is 1.85 bits per heavy atom. The molecule has 1 saturated heterocycles. The highest BCUT2D eigenvalue weighted by molar-refractivity contribution is 5.79. The van der Waals surface area contributed by atoms with E-state index in [9.17, 15) is 0 Å². The van der Waals surface area contributed by atoms with Crippen molar-refractivity contribution in [3.63, 3.8) is 0 Å². The first-order valence-corrected chi connectivity index (χ1v) is 9.03. The molecule has 0 aliphatic carbocycles. The number of benzene rings is 1. The van der Waals surface area contributed by atoms with Crippen molar-refractivity contribution < 1.29 is 18.9 Å². The highest BCUT2D eigenvalue weighted by Crippen LogP contribution is 2.27. The molecule has 0 saturated carbocycles. The third kappa shape index (κ3) is 6.29.